The largest absolute Gasteiger partial charge is 0.479 e. The van der Waals surface area contributed by atoms with Gasteiger partial charge in [0.25, 0.3) is 0 Å². The van der Waals surface area contributed by atoms with E-state index in [-0.39, 0.29) is 17.9 Å². The summed E-state index contributed by atoms with van der Waals surface area (Å²) in [4.78, 5) is 23.6. The van der Waals surface area contributed by atoms with Gasteiger partial charge in [-0.15, -0.1) is 0 Å². The van der Waals surface area contributed by atoms with Crippen LogP contribution in [0, 0.1) is 5.92 Å². The van der Waals surface area contributed by atoms with Gasteiger partial charge in [-0.1, -0.05) is 6.92 Å². The Hall–Kier alpha value is -1.89. The molecule has 1 aliphatic heterocycles. The molecule has 110 valence electrons. The Labute approximate surface area is 117 Å². The molecule has 0 bridgehead atoms. The van der Waals surface area contributed by atoms with Crippen molar-refractivity contribution in [2.24, 2.45) is 13.0 Å². The topological polar surface area (TPSA) is 96.2 Å². The average Bonchev–Trinajstić information content (AvgIpc) is 2.82. The first-order chi connectivity index (χ1) is 9.49. The summed E-state index contributed by atoms with van der Waals surface area (Å²) in [5.74, 6) is -1.16. The first-order valence-electron chi connectivity index (χ1n) is 6.74. The first kappa shape index (κ1) is 14.5. The molecular formula is C13H20N4O3. The molecule has 7 heteroatoms. The zero-order valence-electron chi connectivity index (χ0n) is 11.7. The summed E-state index contributed by atoms with van der Waals surface area (Å²) in [5.41, 5.74) is 0.469. The van der Waals surface area contributed by atoms with Crippen molar-refractivity contribution in [2.45, 2.75) is 31.8 Å². The molecule has 3 N–H and O–H groups in total. The molecule has 1 aliphatic rings. The molecule has 2 heterocycles. The number of aromatic nitrogens is 2. The van der Waals surface area contributed by atoms with E-state index in [0.29, 0.717) is 5.56 Å². The van der Waals surface area contributed by atoms with Crippen LogP contribution in [-0.2, 0) is 16.6 Å². The van der Waals surface area contributed by atoms with E-state index in [1.807, 2.05) is 6.92 Å². The van der Waals surface area contributed by atoms with Crippen LogP contribution < -0.4 is 10.6 Å². The van der Waals surface area contributed by atoms with Crippen LogP contribution in [0.2, 0.25) is 0 Å². The summed E-state index contributed by atoms with van der Waals surface area (Å²) >= 11 is 0. The average molecular weight is 280 g/mol. The lowest BCUT2D eigenvalue weighted by molar-refractivity contribution is -0.142. The van der Waals surface area contributed by atoms with Crippen molar-refractivity contribution < 1.29 is 14.7 Å². The predicted molar refractivity (Wildman–Crippen MR) is 71.9 cm³/mol. The number of hydrogen-bond acceptors (Lipinski definition) is 4. The van der Waals surface area contributed by atoms with E-state index in [9.17, 15) is 14.7 Å². The van der Waals surface area contributed by atoms with Crippen LogP contribution in [-0.4, -0.2) is 39.4 Å². The van der Waals surface area contributed by atoms with Gasteiger partial charge in [0.05, 0.1) is 12.2 Å². The van der Waals surface area contributed by atoms with Crippen molar-refractivity contribution in [1.29, 1.82) is 0 Å². The number of hydrogen-bond donors (Lipinski definition) is 3. The number of carbonyl (C=O) groups is 2. The third kappa shape index (κ3) is 3.16. The second kappa shape index (κ2) is 6.04. The highest BCUT2D eigenvalue weighted by atomic mass is 16.4. The number of carbonyl (C=O) groups excluding carboxylic acids is 1. The molecule has 1 aromatic heterocycles. The Morgan fingerprint density at radius 3 is 2.90 bits per heavy atom. The van der Waals surface area contributed by atoms with Crippen LogP contribution in [0.25, 0.3) is 0 Å². The molecule has 7 nitrogen and oxygen atoms in total. The van der Waals surface area contributed by atoms with Crippen LogP contribution in [0.1, 0.15) is 31.4 Å². The second-order valence-corrected chi connectivity index (χ2v) is 5.28. The maximum atomic E-state index is 12.2. The quantitative estimate of drug-likeness (QED) is 0.724. The minimum Gasteiger partial charge on any atom is -0.479 e. The Kier molecular flexibility index (Phi) is 4.39. The van der Waals surface area contributed by atoms with E-state index in [1.54, 1.807) is 13.2 Å². The molecule has 0 aliphatic carbocycles. The molecule has 0 spiro atoms. The summed E-state index contributed by atoms with van der Waals surface area (Å²) in [5, 5.41) is 19.0. The molecule has 0 saturated carbocycles. The zero-order valence-corrected chi connectivity index (χ0v) is 11.7. The maximum absolute atomic E-state index is 12.2. The summed E-state index contributed by atoms with van der Waals surface area (Å²) < 4.78 is 1.51. The van der Waals surface area contributed by atoms with Crippen molar-refractivity contribution in [3.05, 3.63) is 18.0 Å². The molecule has 20 heavy (non-hydrogen) atoms. The summed E-state index contributed by atoms with van der Waals surface area (Å²) in [7, 11) is 1.70. The van der Waals surface area contributed by atoms with Crippen molar-refractivity contribution in [2.75, 3.05) is 6.54 Å². The number of nitrogens with one attached hydrogen (secondary N) is 2. The molecule has 1 saturated heterocycles. The fraction of sp³-hybridized carbons (Fsp3) is 0.615. The molecule has 1 aromatic rings. The summed E-state index contributed by atoms with van der Waals surface area (Å²) in [6.07, 6.45) is 5.05. The monoisotopic (exact) mass is 280 g/mol. The summed E-state index contributed by atoms with van der Waals surface area (Å²) in [6.45, 7) is 2.78. The molecule has 3 unspecified atom stereocenters. The maximum Gasteiger partial charge on any atom is 0.331 e. The van der Waals surface area contributed by atoms with Crippen LogP contribution in [0.3, 0.4) is 0 Å². The van der Waals surface area contributed by atoms with Gasteiger partial charge in [-0.05, 0) is 25.3 Å². The molecule has 2 rings (SSSR count). The third-order valence-corrected chi connectivity index (χ3v) is 3.64. The van der Waals surface area contributed by atoms with Crippen LogP contribution in [0.15, 0.2) is 12.4 Å². The molecule has 0 aromatic carbocycles. The van der Waals surface area contributed by atoms with Gasteiger partial charge in [0, 0.05) is 18.8 Å². The van der Waals surface area contributed by atoms with Crippen molar-refractivity contribution in [1.82, 2.24) is 20.4 Å². The Bertz CT molecular complexity index is 500. The smallest absolute Gasteiger partial charge is 0.331 e. The van der Waals surface area contributed by atoms with E-state index in [0.717, 1.165) is 19.4 Å². The van der Waals surface area contributed by atoms with Gasteiger partial charge in [-0.25, -0.2) is 4.79 Å². The van der Waals surface area contributed by atoms with Gasteiger partial charge in [0.2, 0.25) is 5.91 Å². The van der Waals surface area contributed by atoms with Gasteiger partial charge < -0.3 is 15.7 Å². The standard InChI is InChI=1S/C13H20N4O3/c1-8-4-3-5-14-10(8)12(18)16-11(13(19)20)9-6-15-17(2)7-9/h6-8,10-11,14H,3-5H2,1-2H3,(H,16,18)(H,19,20). The SMILES string of the molecule is CC1CCCNC1C(=O)NC(C(=O)O)c1cnn(C)c1. The third-order valence-electron chi connectivity index (χ3n) is 3.64. The number of carboxylic acids is 1. The van der Waals surface area contributed by atoms with E-state index < -0.39 is 12.0 Å². The molecule has 0 radical (unpaired) electrons. The van der Waals surface area contributed by atoms with Crippen LogP contribution >= 0.6 is 0 Å². The van der Waals surface area contributed by atoms with E-state index >= 15 is 0 Å². The van der Waals surface area contributed by atoms with Gasteiger partial charge in [-0.2, -0.15) is 5.10 Å². The van der Waals surface area contributed by atoms with Gasteiger partial charge in [0.15, 0.2) is 6.04 Å². The van der Waals surface area contributed by atoms with Gasteiger partial charge in [-0.3, -0.25) is 9.48 Å². The lowest BCUT2D eigenvalue weighted by atomic mass is 9.92. The number of carboxylic acid groups (broad SMARTS) is 1. The number of aryl methyl sites for hydroxylation is 1. The Morgan fingerprint density at radius 1 is 1.60 bits per heavy atom. The van der Waals surface area contributed by atoms with Crippen molar-refractivity contribution in [3.8, 4) is 0 Å². The minimum atomic E-state index is -1.09. The number of aliphatic carboxylic acids is 1. The highest BCUT2D eigenvalue weighted by Crippen LogP contribution is 2.18. The van der Waals surface area contributed by atoms with E-state index in [4.69, 9.17) is 0 Å². The summed E-state index contributed by atoms with van der Waals surface area (Å²) in [6, 6.07) is -1.39. The molecule has 1 fully saturated rings. The number of rotatable bonds is 4. The fourth-order valence-corrected chi connectivity index (χ4v) is 2.51. The van der Waals surface area contributed by atoms with Crippen LogP contribution in [0.4, 0.5) is 0 Å². The Morgan fingerprint density at radius 2 is 2.35 bits per heavy atom. The number of amides is 1. The zero-order chi connectivity index (χ0) is 14.7. The van der Waals surface area contributed by atoms with E-state index in [2.05, 4.69) is 15.7 Å². The molecular weight excluding hydrogens is 260 g/mol. The first-order valence-corrected chi connectivity index (χ1v) is 6.74. The van der Waals surface area contributed by atoms with Crippen LogP contribution in [0.5, 0.6) is 0 Å². The lowest BCUT2D eigenvalue weighted by Gasteiger charge is -2.29. The minimum absolute atomic E-state index is 0.201. The van der Waals surface area contributed by atoms with Gasteiger partial charge >= 0.3 is 5.97 Å². The normalized spacial score (nSPS) is 24.1. The fourth-order valence-electron chi connectivity index (χ4n) is 2.51. The predicted octanol–water partition coefficient (Wildman–Crippen LogP) is 0.0501. The lowest BCUT2D eigenvalue weighted by Crippen LogP contribution is -2.52. The van der Waals surface area contributed by atoms with E-state index in [1.165, 1.54) is 10.9 Å². The highest BCUT2D eigenvalue weighted by molar-refractivity contribution is 5.87. The van der Waals surface area contributed by atoms with Crippen molar-refractivity contribution >= 4 is 11.9 Å². The van der Waals surface area contributed by atoms with Gasteiger partial charge in [0.1, 0.15) is 0 Å². The molecule has 3 atom stereocenters. The van der Waals surface area contributed by atoms with Crippen molar-refractivity contribution in [3.63, 3.8) is 0 Å². The Balaban J connectivity index is 2.08. The number of piperidine rings is 1. The molecule has 1 amide bonds. The second-order valence-electron chi connectivity index (χ2n) is 5.28. The highest BCUT2D eigenvalue weighted by Gasteiger charge is 2.31. The number of nitrogens with zero attached hydrogens (tertiary/aromatic N) is 2.